The van der Waals surface area contributed by atoms with Gasteiger partial charge < -0.3 is 29.7 Å². The van der Waals surface area contributed by atoms with Gasteiger partial charge >= 0.3 is 5.97 Å². The zero-order valence-electron chi connectivity index (χ0n) is 23.1. The van der Waals surface area contributed by atoms with Crippen LogP contribution in [0.5, 0.6) is 0 Å². The minimum absolute atomic E-state index is 0.133. The molecule has 4 aliphatic heterocycles. The minimum Gasteiger partial charge on any atom is -0.460 e. The molecule has 11 heteroatoms. The van der Waals surface area contributed by atoms with Crippen LogP contribution in [0.2, 0.25) is 0 Å². The van der Waals surface area contributed by atoms with Gasteiger partial charge in [0.2, 0.25) is 17.7 Å². The van der Waals surface area contributed by atoms with Crippen LogP contribution in [-0.4, -0.2) is 94.2 Å². The van der Waals surface area contributed by atoms with E-state index in [1.807, 2.05) is 32.9 Å². The number of carbonyl (C=O) groups excluding carboxylic acids is 4. The van der Waals surface area contributed by atoms with E-state index in [9.17, 15) is 24.3 Å². The number of cyclic esters (lactones) is 1. The smallest absolute Gasteiger partial charge is 0.313 e. The molecule has 0 aromatic rings. The van der Waals surface area contributed by atoms with Gasteiger partial charge in [0.15, 0.2) is 0 Å². The molecule has 0 saturated carbocycles. The van der Waals surface area contributed by atoms with Crippen molar-refractivity contribution in [2.24, 2.45) is 11.8 Å². The van der Waals surface area contributed by atoms with Crippen molar-refractivity contribution in [2.75, 3.05) is 19.7 Å². The average Bonchev–Trinajstić information content (AvgIpc) is 3.48. The minimum atomic E-state index is -1.37. The maximum absolute atomic E-state index is 14.5. The number of ether oxygens (including phenoxy) is 2. The Morgan fingerprint density at radius 3 is 2.62 bits per heavy atom. The number of aliphatic hydroxyl groups excluding tert-OH is 1. The largest absolute Gasteiger partial charge is 0.460 e. The number of nitrogens with one attached hydrogen (secondary N) is 1. The number of hydrogen-bond donors (Lipinski definition) is 2. The lowest BCUT2D eigenvalue weighted by molar-refractivity contribution is -0.159. The lowest BCUT2D eigenvalue weighted by Crippen LogP contribution is -2.59. The number of esters is 1. The van der Waals surface area contributed by atoms with E-state index < -0.39 is 53.6 Å². The number of hydrogen-bond acceptors (Lipinski definition) is 7. The fourth-order valence-corrected chi connectivity index (χ4v) is 7.15. The van der Waals surface area contributed by atoms with Gasteiger partial charge in [0.1, 0.15) is 29.8 Å². The standard InChI is InChI=1S/C28H40BrN3O7/c1-5-10-16(3)31-12-9-7-8-11-20(34)30-14-17(4)38-27(37)21-22-25(35)32(18(6-2)15-33)24(26(31)36)28(22)13-19(29)23(21)39-28/h7,9,13,16-18,21-24,33H,5-6,8,10-12,14-15H2,1-4H3,(H,30,34)/b9-7-/t16?,17-,18-,21+,22-,23+,24+,28-/m0/s1. The molecule has 4 rings (SSSR count). The predicted molar refractivity (Wildman–Crippen MR) is 146 cm³/mol. The summed E-state index contributed by atoms with van der Waals surface area (Å²) in [6.45, 7) is 7.68. The number of carbonyl (C=O) groups is 4. The molecular weight excluding hydrogens is 570 g/mol. The van der Waals surface area contributed by atoms with Crippen molar-refractivity contribution < 1.29 is 33.8 Å². The summed E-state index contributed by atoms with van der Waals surface area (Å²) >= 11 is 3.54. The summed E-state index contributed by atoms with van der Waals surface area (Å²) < 4.78 is 12.8. The Kier molecular flexibility index (Phi) is 9.22. The predicted octanol–water partition coefficient (Wildman–Crippen LogP) is 2.05. The fourth-order valence-electron chi connectivity index (χ4n) is 6.42. The van der Waals surface area contributed by atoms with Crippen LogP contribution in [0.3, 0.4) is 0 Å². The van der Waals surface area contributed by atoms with Gasteiger partial charge in [-0.1, -0.05) is 48.4 Å². The van der Waals surface area contributed by atoms with Crippen molar-refractivity contribution in [1.82, 2.24) is 15.1 Å². The Morgan fingerprint density at radius 1 is 1.21 bits per heavy atom. The zero-order chi connectivity index (χ0) is 28.5. The van der Waals surface area contributed by atoms with Crippen molar-refractivity contribution in [3.63, 3.8) is 0 Å². The van der Waals surface area contributed by atoms with Crippen LogP contribution in [0.4, 0.5) is 0 Å². The summed E-state index contributed by atoms with van der Waals surface area (Å²) in [6, 6.07) is -1.80. The topological polar surface area (TPSA) is 125 Å². The number of allylic oxidation sites excluding steroid dienone is 1. The third kappa shape index (κ3) is 5.29. The second-order valence-corrected chi connectivity index (χ2v) is 11.9. The number of likely N-dealkylation sites (tertiary alicyclic amines) is 1. The van der Waals surface area contributed by atoms with E-state index >= 15 is 0 Å². The summed E-state index contributed by atoms with van der Waals surface area (Å²) in [6.07, 6.45) is 6.96. The molecule has 0 aliphatic carbocycles. The van der Waals surface area contributed by atoms with Gasteiger partial charge in [0.05, 0.1) is 25.1 Å². The van der Waals surface area contributed by atoms with E-state index in [0.717, 1.165) is 12.8 Å². The molecule has 4 aliphatic rings. The molecule has 2 N–H and O–H groups in total. The number of rotatable bonds is 6. The lowest BCUT2D eigenvalue weighted by Gasteiger charge is -2.40. The van der Waals surface area contributed by atoms with E-state index in [-0.39, 0.29) is 37.4 Å². The molecule has 216 valence electrons. The summed E-state index contributed by atoms with van der Waals surface area (Å²) in [4.78, 5) is 57.7. The molecule has 5 bridgehead atoms. The average molecular weight is 611 g/mol. The number of amides is 3. The highest BCUT2D eigenvalue weighted by atomic mass is 79.9. The molecule has 10 nitrogen and oxygen atoms in total. The molecule has 3 amide bonds. The van der Waals surface area contributed by atoms with Crippen LogP contribution >= 0.6 is 15.9 Å². The summed E-state index contributed by atoms with van der Waals surface area (Å²) in [5.41, 5.74) is -1.37. The first kappa shape index (κ1) is 29.7. The first-order chi connectivity index (χ1) is 18.6. The molecule has 8 atom stereocenters. The maximum Gasteiger partial charge on any atom is 0.313 e. The Balaban J connectivity index is 1.83. The SMILES string of the molecule is CCCC(C)N1C/C=C\CCC(=O)NC[C@H](C)OC(=O)[C@H]2[C@@H]3O[C@@]4(C=C3Br)[C@@H]2C(=O)N([C@@H](CC)CO)[C@@H]4C1=O. The highest BCUT2D eigenvalue weighted by molar-refractivity contribution is 9.11. The van der Waals surface area contributed by atoms with Gasteiger partial charge in [-0.05, 0) is 39.2 Å². The summed E-state index contributed by atoms with van der Waals surface area (Å²) in [5, 5.41) is 13.0. The molecule has 1 unspecified atom stereocenters. The summed E-state index contributed by atoms with van der Waals surface area (Å²) in [7, 11) is 0. The van der Waals surface area contributed by atoms with Crippen LogP contribution in [0.1, 0.15) is 59.8 Å². The molecule has 2 saturated heterocycles. The van der Waals surface area contributed by atoms with E-state index in [4.69, 9.17) is 9.47 Å². The first-order valence-corrected chi connectivity index (χ1v) is 14.8. The van der Waals surface area contributed by atoms with Gasteiger partial charge in [-0.15, -0.1) is 0 Å². The van der Waals surface area contributed by atoms with Crippen molar-refractivity contribution in [2.45, 2.75) is 95.7 Å². The second kappa shape index (κ2) is 12.1. The number of fused-ring (bicyclic) bond motifs is 2. The maximum atomic E-state index is 14.5. The molecular formula is C28H40BrN3O7. The number of aliphatic hydroxyl groups is 1. The van der Waals surface area contributed by atoms with Crippen molar-refractivity contribution in [3.05, 3.63) is 22.7 Å². The monoisotopic (exact) mass is 609 g/mol. The van der Waals surface area contributed by atoms with Gasteiger partial charge in [-0.2, -0.15) is 0 Å². The highest BCUT2D eigenvalue weighted by Crippen LogP contribution is 2.59. The van der Waals surface area contributed by atoms with Crippen LogP contribution in [0, 0.1) is 11.8 Å². The van der Waals surface area contributed by atoms with E-state index in [0.29, 0.717) is 23.9 Å². The zero-order valence-corrected chi connectivity index (χ0v) is 24.7. The molecule has 0 aromatic carbocycles. The number of halogens is 1. The lowest BCUT2D eigenvalue weighted by atomic mass is 9.74. The quantitative estimate of drug-likeness (QED) is 0.349. The molecule has 0 aromatic heterocycles. The van der Waals surface area contributed by atoms with Crippen molar-refractivity contribution >= 4 is 39.6 Å². The van der Waals surface area contributed by atoms with Gasteiger partial charge in [-0.3, -0.25) is 19.2 Å². The first-order valence-electron chi connectivity index (χ1n) is 14.0. The van der Waals surface area contributed by atoms with E-state index in [1.54, 1.807) is 17.9 Å². The van der Waals surface area contributed by atoms with E-state index in [1.165, 1.54) is 4.90 Å². The van der Waals surface area contributed by atoms with Crippen LogP contribution in [0.15, 0.2) is 22.7 Å². The van der Waals surface area contributed by atoms with Crippen LogP contribution < -0.4 is 5.32 Å². The normalized spacial score (nSPS) is 35.8. The van der Waals surface area contributed by atoms with Crippen LogP contribution in [0.25, 0.3) is 0 Å². The van der Waals surface area contributed by atoms with Gasteiger partial charge in [0, 0.05) is 23.5 Å². The number of nitrogens with zero attached hydrogens (tertiary/aromatic N) is 2. The summed E-state index contributed by atoms with van der Waals surface area (Å²) in [5.74, 6) is -3.39. The second-order valence-electron chi connectivity index (χ2n) is 11.0. The molecule has 39 heavy (non-hydrogen) atoms. The molecule has 4 heterocycles. The van der Waals surface area contributed by atoms with Gasteiger partial charge in [0.25, 0.3) is 0 Å². The van der Waals surface area contributed by atoms with E-state index in [2.05, 4.69) is 21.2 Å². The Bertz CT molecular complexity index is 1040. The van der Waals surface area contributed by atoms with Gasteiger partial charge in [-0.25, -0.2) is 0 Å². The molecule has 0 radical (unpaired) electrons. The molecule has 1 spiro atoms. The highest BCUT2D eigenvalue weighted by Gasteiger charge is 2.75. The Labute approximate surface area is 238 Å². The fraction of sp³-hybridized carbons (Fsp3) is 0.714. The Morgan fingerprint density at radius 2 is 1.95 bits per heavy atom. The third-order valence-corrected chi connectivity index (χ3v) is 9.06. The van der Waals surface area contributed by atoms with Crippen molar-refractivity contribution in [1.29, 1.82) is 0 Å². The third-order valence-electron chi connectivity index (χ3n) is 8.38. The molecule has 2 fully saturated rings. The Hall–Kier alpha value is -2.24. The van der Waals surface area contributed by atoms with Crippen LogP contribution in [-0.2, 0) is 28.7 Å². The van der Waals surface area contributed by atoms with Crippen molar-refractivity contribution in [3.8, 4) is 0 Å².